The molecule has 186 valence electrons. The van der Waals surface area contributed by atoms with Crippen LogP contribution in [0.15, 0.2) is 84.0 Å². The first kappa shape index (κ1) is 25.8. The lowest BCUT2D eigenvalue weighted by Gasteiger charge is -2.14. The molecule has 0 radical (unpaired) electrons. The fraction of sp³-hybridized carbons (Fsp3) is 0.250. The van der Waals surface area contributed by atoms with Gasteiger partial charge in [0.1, 0.15) is 0 Å². The molecule has 0 saturated heterocycles. The number of amides is 1. The Kier molecular flexibility index (Phi) is 9.03. The van der Waals surface area contributed by atoms with Crippen molar-refractivity contribution in [3.8, 4) is 0 Å². The van der Waals surface area contributed by atoms with E-state index in [4.69, 9.17) is 16.3 Å². The summed E-state index contributed by atoms with van der Waals surface area (Å²) in [7, 11) is 0. The smallest absolute Gasteiger partial charge is 0.316 e. The van der Waals surface area contributed by atoms with E-state index in [1.807, 2.05) is 73.7 Å². The third-order valence-electron chi connectivity index (χ3n) is 5.66. The summed E-state index contributed by atoms with van der Waals surface area (Å²) in [6.07, 6.45) is 1.68. The molecule has 4 rings (SSSR count). The van der Waals surface area contributed by atoms with E-state index in [1.54, 1.807) is 0 Å². The number of carbonyl (C=O) groups is 2. The maximum absolute atomic E-state index is 12.4. The number of aryl methyl sites for hydroxylation is 1. The van der Waals surface area contributed by atoms with Crippen molar-refractivity contribution in [3.63, 3.8) is 0 Å². The molecule has 0 aliphatic rings. The molecule has 1 heterocycles. The molecule has 36 heavy (non-hydrogen) atoms. The number of imidazole rings is 1. The summed E-state index contributed by atoms with van der Waals surface area (Å²) < 4.78 is 7.27. The van der Waals surface area contributed by atoms with Crippen LogP contribution in [-0.4, -0.2) is 39.8 Å². The van der Waals surface area contributed by atoms with E-state index >= 15 is 0 Å². The second-order valence-corrected chi connectivity index (χ2v) is 9.92. The standard InChI is InChI=1S/C28H28ClN3O3S/c1-20(12-13-21-8-4-2-5-9-21)30-26(33)18-35-27(34)19-36-28-31-24-16-23(29)14-15-25(24)32(28)17-22-10-6-3-7-11-22/h2-11,14-16,20H,12-13,17-19H2,1H3,(H,30,33). The zero-order valence-corrected chi connectivity index (χ0v) is 21.6. The number of rotatable bonds is 11. The van der Waals surface area contributed by atoms with Crippen LogP contribution in [0.4, 0.5) is 0 Å². The normalized spacial score (nSPS) is 11.8. The molecule has 3 aromatic carbocycles. The van der Waals surface area contributed by atoms with Crippen molar-refractivity contribution in [1.29, 1.82) is 0 Å². The highest BCUT2D eigenvalue weighted by molar-refractivity contribution is 7.99. The molecule has 0 fully saturated rings. The molecule has 1 N–H and O–H groups in total. The number of carbonyl (C=O) groups excluding carboxylic acids is 2. The second-order valence-electron chi connectivity index (χ2n) is 8.54. The summed E-state index contributed by atoms with van der Waals surface area (Å²) in [5, 5.41) is 4.18. The highest BCUT2D eigenvalue weighted by Crippen LogP contribution is 2.27. The number of benzene rings is 3. The van der Waals surface area contributed by atoms with Gasteiger partial charge in [0, 0.05) is 11.1 Å². The van der Waals surface area contributed by atoms with Crippen LogP contribution < -0.4 is 5.32 Å². The van der Waals surface area contributed by atoms with E-state index in [1.165, 1.54) is 17.3 Å². The van der Waals surface area contributed by atoms with Gasteiger partial charge in [0.05, 0.1) is 23.3 Å². The number of nitrogens with zero attached hydrogens (tertiary/aromatic N) is 2. The van der Waals surface area contributed by atoms with Crippen LogP contribution in [0.25, 0.3) is 11.0 Å². The minimum atomic E-state index is -0.469. The fourth-order valence-corrected chi connectivity index (χ4v) is 4.82. The predicted molar refractivity (Wildman–Crippen MR) is 144 cm³/mol. The molecular weight excluding hydrogens is 494 g/mol. The molecule has 0 aliphatic heterocycles. The molecule has 1 unspecified atom stereocenters. The number of thioether (sulfide) groups is 1. The van der Waals surface area contributed by atoms with Gasteiger partial charge in [-0.1, -0.05) is 84.0 Å². The van der Waals surface area contributed by atoms with Gasteiger partial charge >= 0.3 is 5.97 Å². The molecule has 0 saturated carbocycles. The maximum Gasteiger partial charge on any atom is 0.316 e. The Balaban J connectivity index is 1.29. The van der Waals surface area contributed by atoms with E-state index in [2.05, 4.69) is 27.0 Å². The van der Waals surface area contributed by atoms with E-state index in [0.29, 0.717) is 16.7 Å². The highest BCUT2D eigenvalue weighted by atomic mass is 35.5. The number of ether oxygens (including phenoxy) is 1. The van der Waals surface area contributed by atoms with Crippen LogP contribution in [0.1, 0.15) is 24.5 Å². The van der Waals surface area contributed by atoms with Gasteiger partial charge < -0.3 is 14.6 Å². The van der Waals surface area contributed by atoms with Crippen LogP contribution in [0.3, 0.4) is 0 Å². The van der Waals surface area contributed by atoms with Crippen molar-refractivity contribution in [2.24, 2.45) is 0 Å². The largest absolute Gasteiger partial charge is 0.455 e. The van der Waals surface area contributed by atoms with E-state index < -0.39 is 5.97 Å². The number of fused-ring (bicyclic) bond motifs is 1. The van der Waals surface area contributed by atoms with Gasteiger partial charge in [0.2, 0.25) is 0 Å². The first-order chi connectivity index (χ1) is 17.5. The van der Waals surface area contributed by atoms with Crippen LogP contribution in [0.2, 0.25) is 5.02 Å². The molecule has 6 nitrogen and oxygen atoms in total. The van der Waals surface area contributed by atoms with Crippen molar-refractivity contribution in [2.45, 2.75) is 37.5 Å². The molecule has 1 aromatic heterocycles. The van der Waals surface area contributed by atoms with Crippen LogP contribution in [0, 0.1) is 0 Å². The minimum absolute atomic E-state index is 0.0181. The topological polar surface area (TPSA) is 73.2 Å². The third kappa shape index (κ3) is 7.35. The molecule has 1 amide bonds. The van der Waals surface area contributed by atoms with Gasteiger partial charge in [-0.3, -0.25) is 9.59 Å². The lowest BCUT2D eigenvalue weighted by Crippen LogP contribution is -2.36. The zero-order valence-electron chi connectivity index (χ0n) is 20.0. The Morgan fingerprint density at radius 2 is 1.72 bits per heavy atom. The van der Waals surface area contributed by atoms with Crippen LogP contribution >= 0.6 is 23.4 Å². The molecule has 1 atom stereocenters. The molecule has 8 heteroatoms. The number of esters is 1. The summed E-state index contributed by atoms with van der Waals surface area (Å²) in [5.74, 6) is -0.730. The average molecular weight is 522 g/mol. The van der Waals surface area contributed by atoms with Crippen LogP contribution in [0.5, 0.6) is 0 Å². The maximum atomic E-state index is 12.4. The lowest BCUT2D eigenvalue weighted by molar-refractivity contribution is -0.146. The summed E-state index contributed by atoms with van der Waals surface area (Å²) in [5.41, 5.74) is 4.04. The van der Waals surface area contributed by atoms with Crippen LogP contribution in [-0.2, 0) is 27.3 Å². The van der Waals surface area contributed by atoms with E-state index in [-0.39, 0.29) is 24.3 Å². The van der Waals surface area contributed by atoms with Crippen molar-refractivity contribution in [2.75, 3.05) is 12.4 Å². The lowest BCUT2D eigenvalue weighted by atomic mass is 10.1. The molecular formula is C28H28ClN3O3S. The molecule has 0 bridgehead atoms. The number of hydrogen-bond donors (Lipinski definition) is 1. The van der Waals surface area contributed by atoms with Gasteiger partial charge in [-0.25, -0.2) is 4.98 Å². The summed E-state index contributed by atoms with van der Waals surface area (Å²) in [6.45, 7) is 2.26. The quantitative estimate of drug-likeness (QED) is 0.208. The van der Waals surface area contributed by atoms with Crippen molar-refractivity contribution in [3.05, 3.63) is 95.0 Å². The van der Waals surface area contributed by atoms with Crippen molar-refractivity contribution >= 4 is 46.3 Å². The summed E-state index contributed by atoms with van der Waals surface area (Å²) in [6, 6.07) is 25.7. The molecule has 4 aromatic rings. The molecule has 0 aliphatic carbocycles. The number of hydrogen-bond acceptors (Lipinski definition) is 5. The highest BCUT2D eigenvalue weighted by Gasteiger charge is 2.16. The summed E-state index contributed by atoms with van der Waals surface area (Å²) >= 11 is 7.44. The van der Waals surface area contributed by atoms with Gasteiger partial charge in [0.15, 0.2) is 11.8 Å². The van der Waals surface area contributed by atoms with E-state index in [9.17, 15) is 9.59 Å². The summed E-state index contributed by atoms with van der Waals surface area (Å²) in [4.78, 5) is 29.3. The number of aromatic nitrogens is 2. The van der Waals surface area contributed by atoms with Crippen molar-refractivity contribution in [1.82, 2.24) is 14.9 Å². The van der Waals surface area contributed by atoms with Gasteiger partial charge in [-0.2, -0.15) is 0 Å². The SMILES string of the molecule is CC(CCc1ccccc1)NC(=O)COC(=O)CSc1nc2cc(Cl)ccc2n1Cc1ccccc1. The number of nitrogens with one attached hydrogen (secondary N) is 1. The first-order valence-corrected chi connectivity index (χ1v) is 13.2. The first-order valence-electron chi connectivity index (χ1n) is 11.8. The molecule has 0 spiro atoms. The Hall–Kier alpha value is -3.29. The second kappa shape index (κ2) is 12.6. The third-order valence-corrected chi connectivity index (χ3v) is 6.84. The Morgan fingerprint density at radius 3 is 2.44 bits per heavy atom. The van der Waals surface area contributed by atoms with E-state index in [0.717, 1.165) is 29.4 Å². The minimum Gasteiger partial charge on any atom is -0.455 e. The fourth-order valence-electron chi connectivity index (χ4n) is 3.84. The zero-order chi connectivity index (χ0) is 25.3. The van der Waals surface area contributed by atoms with Crippen molar-refractivity contribution < 1.29 is 14.3 Å². The number of halogens is 1. The Morgan fingerprint density at radius 1 is 1.03 bits per heavy atom. The van der Waals surface area contributed by atoms with Gasteiger partial charge in [-0.05, 0) is 49.1 Å². The Labute approximate surface area is 220 Å². The monoisotopic (exact) mass is 521 g/mol. The Bertz CT molecular complexity index is 1310. The van der Waals surface area contributed by atoms with Gasteiger partial charge in [-0.15, -0.1) is 0 Å². The van der Waals surface area contributed by atoms with Gasteiger partial charge in [0.25, 0.3) is 5.91 Å². The average Bonchev–Trinajstić information content (AvgIpc) is 3.22. The predicted octanol–water partition coefficient (Wildman–Crippen LogP) is 5.51.